The van der Waals surface area contributed by atoms with Crippen LogP contribution in [0.4, 0.5) is 0 Å². The number of allylic oxidation sites excluding steroid dienone is 2. The molecule has 0 saturated carbocycles. The van der Waals surface area contributed by atoms with Crippen LogP contribution in [0.5, 0.6) is 0 Å². The molecule has 1 aliphatic heterocycles. The molecule has 3 heteroatoms. The van der Waals surface area contributed by atoms with E-state index in [4.69, 9.17) is 0 Å². The minimum atomic E-state index is -1.57. The SMILES string of the molecule is CCC1=C(CC)[Si-]([Si](C(C)(C)C)(C(C)(C)C)C(C)(C)C)CC1.[Li+]. The molecule has 0 nitrogen and oxygen atoms in total. The largest absolute Gasteiger partial charge is 1.00 e. The zero-order valence-corrected chi connectivity index (χ0v) is 20.3. The Bertz CT molecular complexity index is 394. The van der Waals surface area contributed by atoms with Crippen molar-refractivity contribution < 1.29 is 18.9 Å². The molecular weight excluding hydrogens is 303 g/mol. The zero-order valence-electron chi connectivity index (χ0n) is 18.3. The quantitative estimate of drug-likeness (QED) is 0.663. The molecule has 0 saturated heterocycles. The van der Waals surface area contributed by atoms with E-state index in [1.54, 1.807) is 0 Å². The Morgan fingerprint density at radius 2 is 1.17 bits per heavy atom. The van der Waals surface area contributed by atoms with Gasteiger partial charge >= 0.3 is 18.9 Å². The van der Waals surface area contributed by atoms with Crippen LogP contribution in [-0.2, 0) is 0 Å². The van der Waals surface area contributed by atoms with Gasteiger partial charge in [0.1, 0.15) is 0 Å². The van der Waals surface area contributed by atoms with Crippen molar-refractivity contribution in [1.82, 2.24) is 0 Å². The summed E-state index contributed by atoms with van der Waals surface area (Å²) >= 11 is 0. The maximum atomic E-state index is 2.57. The summed E-state index contributed by atoms with van der Waals surface area (Å²) in [6.45, 7) is 28.0. The van der Waals surface area contributed by atoms with E-state index in [9.17, 15) is 0 Å². The normalized spacial score (nSPS) is 17.6. The molecule has 1 rings (SSSR count). The number of rotatable bonds is 3. The van der Waals surface area contributed by atoms with Crippen molar-refractivity contribution >= 4 is 15.9 Å². The van der Waals surface area contributed by atoms with Crippen LogP contribution in [-0.4, -0.2) is 15.9 Å². The van der Waals surface area contributed by atoms with Gasteiger partial charge in [0.05, 0.1) is 0 Å². The second-order valence-corrected chi connectivity index (χ2v) is 22.4. The summed E-state index contributed by atoms with van der Waals surface area (Å²) in [7, 11) is -1.98. The first-order chi connectivity index (χ1) is 9.75. The van der Waals surface area contributed by atoms with E-state index in [-0.39, 0.29) is 18.9 Å². The van der Waals surface area contributed by atoms with Crippen molar-refractivity contribution in [2.75, 3.05) is 0 Å². The third kappa shape index (κ3) is 3.81. The van der Waals surface area contributed by atoms with Crippen molar-refractivity contribution in [3.05, 3.63) is 10.8 Å². The Morgan fingerprint density at radius 3 is 1.43 bits per heavy atom. The van der Waals surface area contributed by atoms with Crippen LogP contribution in [0, 0.1) is 0 Å². The molecule has 0 spiro atoms. The standard InChI is InChI=1S/C20H41Si2.Li/c1-12-16-14-15-21(17(16)13-2)22(18(3,4)5,19(6,7)8)20(9,10)11;/h12-15H2,1-11H3;/q-1;+1. The first-order valence-electron chi connectivity index (χ1n) is 9.33. The van der Waals surface area contributed by atoms with E-state index in [1.165, 1.54) is 25.3 Å². The molecule has 0 aromatic carbocycles. The van der Waals surface area contributed by atoms with Gasteiger partial charge in [0.25, 0.3) is 0 Å². The molecule has 1 heterocycles. The van der Waals surface area contributed by atoms with E-state index in [0.717, 1.165) is 0 Å². The molecule has 0 radical (unpaired) electrons. The Balaban J connectivity index is 0.00000484. The summed E-state index contributed by atoms with van der Waals surface area (Å²) in [6, 6.07) is 1.52. The molecule has 0 N–H and O–H groups in total. The second kappa shape index (κ2) is 7.57. The fourth-order valence-electron chi connectivity index (χ4n) is 6.79. The third-order valence-electron chi connectivity index (χ3n) is 6.08. The van der Waals surface area contributed by atoms with Crippen LogP contribution in [0.15, 0.2) is 10.8 Å². The van der Waals surface area contributed by atoms with Crippen molar-refractivity contribution in [3.63, 3.8) is 0 Å². The average Bonchev–Trinajstić information content (AvgIpc) is 2.66. The zero-order chi connectivity index (χ0) is 17.6. The van der Waals surface area contributed by atoms with Gasteiger partial charge in [-0.05, 0) is 6.42 Å². The van der Waals surface area contributed by atoms with Gasteiger partial charge in [0.15, 0.2) is 0 Å². The van der Waals surface area contributed by atoms with Crippen LogP contribution in [0.1, 0.15) is 95.4 Å². The van der Waals surface area contributed by atoms with E-state index in [2.05, 4.69) is 76.2 Å². The molecule has 130 valence electrons. The average molecular weight is 345 g/mol. The molecule has 23 heavy (non-hydrogen) atoms. The van der Waals surface area contributed by atoms with E-state index < -0.39 is 15.9 Å². The fraction of sp³-hybridized carbons (Fsp3) is 0.900. The van der Waals surface area contributed by atoms with Crippen LogP contribution in [0.3, 0.4) is 0 Å². The van der Waals surface area contributed by atoms with Gasteiger partial charge in [-0.25, -0.2) is 5.20 Å². The molecule has 0 aromatic heterocycles. The van der Waals surface area contributed by atoms with Gasteiger partial charge in [-0.1, -0.05) is 112 Å². The molecule has 0 unspecified atom stereocenters. The van der Waals surface area contributed by atoms with Gasteiger partial charge in [-0.15, -0.1) is 5.57 Å². The maximum absolute atomic E-state index is 2.57. The minimum absolute atomic E-state index is 0. The Hall–Kier alpha value is 0.771. The summed E-state index contributed by atoms with van der Waals surface area (Å²) in [5.74, 6) is 0. The Kier molecular flexibility index (Phi) is 7.82. The summed E-state index contributed by atoms with van der Waals surface area (Å²) in [5, 5.41) is 3.34. The molecule has 0 bridgehead atoms. The second-order valence-electron chi connectivity index (χ2n) is 10.3. The van der Waals surface area contributed by atoms with Gasteiger partial charge in [-0.3, -0.25) is 8.31 Å². The van der Waals surface area contributed by atoms with Gasteiger partial charge in [0, 0.05) is 0 Å². The maximum Gasteiger partial charge on any atom is 1.00 e. The summed E-state index contributed by atoms with van der Waals surface area (Å²) in [5.41, 5.74) is 1.84. The predicted octanol–water partition coefficient (Wildman–Crippen LogP) is 4.47. The molecule has 0 fully saturated rings. The molecule has 0 atom stereocenters. The molecule has 1 aliphatic rings. The molecule has 0 amide bonds. The van der Waals surface area contributed by atoms with Gasteiger partial charge in [-0.2, -0.15) is 6.04 Å². The van der Waals surface area contributed by atoms with E-state index >= 15 is 0 Å². The topological polar surface area (TPSA) is 0 Å². The van der Waals surface area contributed by atoms with Crippen LogP contribution >= 0.6 is 0 Å². The van der Waals surface area contributed by atoms with Crippen molar-refractivity contribution in [3.8, 4) is 0 Å². The number of hydrogen-bond acceptors (Lipinski definition) is 0. The van der Waals surface area contributed by atoms with E-state index in [0.29, 0.717) is 15.1 Å². The smallest absolute Gasteiger partial charge is 0.285 e. The van der Waals surface area contributed by atoms with Gasteiger partial charge in [0.2, 0.25) is 0 Å². The van der Waals surface area contributed by atoms with Gasteiger partial charge < -0.3 is 0 Å². The first kappa shape index (κ1) is 23.8. The van der Waals surface area contributed by atoms with E-state index in [1.807, 2.05) is 10.8 Å². The summed E-state index contributed by atoms with van der Waals surface area (Å²) < 4.78 is 0. The molecule has 0 aromatic rings. The van der Waals surface area contributed by atoms with Crippen LogP contribution < -0.4 is 18.9 Å². The Labute approximate surface area is 161 Å². The summed E-state index contributed by atoms with van der Waals surface area (Å²) in [4.78, 5) is 0. The van der Waals surface area contributed by atoms with Crippen molar-refractivity contribution in [2.45, 2.75) is 117 Å². The fourth-order valence-corrected chi connectivity index (χ4v) is 31.2. The number of hydrogen-bond donors (Lipinski definition) is 0. The van der Waals surface area contributed by atoms with Crippen LogP contribution in [0.2, 0.25) is 21.2 Å². The third-order valence-corrected chi connectivity index (χ3v) is 27.0. The minimum Gasteiger partial charge on any atom is -0.285 e. The van der Waals surface area contributed by atoms with Crippen LogP contribution in [0.25, 0.3) is 0 Å². The molecule has 0 aliphatic carbocycles. The molecular formula is C20H41LiSi2. The summed E-state index contributed by atoms with van der Waals surface area (Å²) in [6.07, 6.45) is 4.01. The Morgan fingerprint density at radius 1 is 0.783 bits per heavy atom. The first-order valence-corrected chi connectivity index (χ1v) is 14.0. The van der Waals surface area contributed by atoms with Crippen molar-refractivity contribution in [1.29, 1.82) is 0 Å². The van der Waals surface area contributed by atoms with Crippen molar-refractivity contribution in [2.24, 2.45) is 0 Å². The predicted molar refractivity (Wildman–Crippen MR) is 108 cm³/mol. The monoisotopic (exact) mass is 344 g/mol.